The Morgan fingerprint density at radius 1 is 1.15 bits per heavy atom. The highest BCUT2D eigenvalue weighted by Gasteiger charge is 2.14. The van der Waals surface area contributed by atoms with Gasteiger partial charge in [0.15, 0.2) is 12.4 Å². The second kappa shape index (κ2) is 8.92. The number of carbonyl (C=O) groups excluding carboxylic acids is 2. The standard InChI is InChI=1S/C17H15N3O6/c1-12(21)26-15-8-4-2-6-13(15)10-18-19-17(22)11-25-16-9-5-3-7-14(16)20(23)24/h2-10H,11H2,1H3,(H,19,22)/b18-10-. The van der Waals surface area contributed by atoms with Gasteiger partial charge in [0.05, 0.1) is 11.1 Å². The van der Waals surface area contributed by atoms with Crippen LogP contribution in [0.25, 0.3) is 0 Å². The highest BCUT2D eigenvalue weighted by molar-refractivity contribution is 5.86. The fraction of sp³-hybridized carbons (Fsp3) is 0.118. The molecule has 0 unspecified atom stereocenters. The van der Waals surface area contributed by atoms with E-state index in [1.54, 1.807) is 30.3 Å². The van der Waals surface area contributed by atoms with Crippen LogP contribution in [-0.2, 0) is 9.59 Å². The molecule has 0 aromatic heterocycles. The van der Waals surface area contributed by atoms with Crippen molar-refractivity contribution in [2.75, 3.05) is 6.61 Å². The first-order valence-electron chi connectivity index (χ1n) is 7.43. The van der Waals surface area contributed by atoms with Crippen LogP contribution in [0.5, 0.6) is 11.5 Å². The van der Waals surface area contributed by atoms with E-state index in [2.05, 4.69) is 10.5 Å². The van der Waals surface area contributed by atoms with Crippen LogP contribution in [0.15, 0.2) is 53.6 Å². The van der Waals surface area contributed by atoms with E-state index in [0.29, 0.717) is 11.3 Å². The minimum absolute atomic E-state index is 0.0168. The van der Waals surface area contributed by atoms with E-state index in [-0.39, 0.29) is 11.4 Å². The monoisotopic (exact) mass is 357 g/mol. The van der Waals surface area contributed by atoms with E-state index in [0.717, 1.165) is 0 Å². The highest BCUT2D eigenvalue weighted by Crippen LogP contribution is 2.25. The molecule has 0 aliphatic carbocycles. The van der Waals surface area contributed by atoms with Gasteiger partial charge in [-0.3, -0.25) is 19.7 Å². The molecule has 0 aliphatic rings. The first-order chi connectivity index (χ1) is 12.5. The second-order valence-corrected chi connectivity index (χ2v) is 4.94. The van der Waals surface area contributed by atoms with Gasteiger partial charge >= 0.3 is 11.7 Å². The Balaban J connectivity index is 1.93. The average Bonchev–Trinajstić information content (AvgIpc) is 2.61. The number of hydrazone groups is 1. The third-order valence-electron chi connectivity index (χ3n) is 2.99. The quantitative estimate of drug-likeness (QED) is 0.266. The molecule has 134 valence electrons. The van der Waals surface area contributed by atoms with Gasteiger partial charge in [-0.1, -0.05) is 24.3 Å². The molecule has 0 heterocycles. The number of nitro groups is 1. The third-order valence-corrected chi connectivity index (χ3v) is 2.99. The summed E-state index contributed by atoms with van der Waals surface area (Å²) < 4.78 is 10.2. The fourth-order valence-electron chi connectivity index (χ4n) is 1.91. The molecular weight excluding hydrogens is 342 g/mol. The second-order valence-electron chi connectivity index (χ2n) is 4.94. The predicted octanol–water partition coefficient (Wildman–Crippen LogP) is 2.05. The highest BCUT2D eigenvalue weighted by atomic mass is 16.6. The van der Waals surface area contributed by atoms with Crippen molar-refractivity contribution in [1.29, 1.82) is 0 Å². The molecule has 26 heavy (non-hydrogen) atoms. The molecule has 0 atom stereocenters. The number of hydrogen-bond acceptors (Lipinski definition) is 7. The molecule has 0 saturated heterocycles. The zero-order valence-corrected chi connectivity index (χ0v) is 13.7. The first kappa shape index (κ1) is 18.6. The summed E-state index contributed by atoms with van der Waals surface area (Å²) >= 11 is 0. The van der Waals surface area contributed by atoms with E-state index in [9.17, 15) is 19.7 Å². The number of rotatable bonds is 7. The SMILES string of the molecule is CC(=O)Oc1ccccc1/C=N\NC(=O)COc1ccccc1[N+](=O)[O-]. The van der Waals surface area contributed by atoms with Gasteiger partial charge in [0, 0.05) is 18.6 Å². The number of para-hydroxylation sites is 3. The molecule has 2 aromatic rings. The Morgan fingerprint density at radius 2 is 1.81 bits per heavy atom. The lowest BCUT2D eigenvalue weighted by atomic mass is 10.2. The van der Waals surface area contributed by atoms with E-state index < -0.39 is 23.4 Å². The van der Waals surface area contributed by atoms with Crippen molar-refractivity contribution < 1.29 is 24.0 Å². The number of nitrogens with zero attached hydrogens (tertiary/aromatic N) is 2. The summed E-state index contributed by atoms with van der Waals surface area (Å²) in [7, 11) is 0. The number of hydrogen-bond donors (Lipinski definition) is 1. The minimum atomic E-state index is -0.607. The maximum absolute atomic E-state index is 11.7. The summed E-state index contributed by atoms with van der Waals surface area (Å²) in [6, 6.07) is 12.4. The summed E-state index contributed by atoms with van der Waals surface area (Å²) in [5.74, 6) is -0.803. The molecule has 0 bridgehead atoms. The molecule has 0 saturated carbocycles. The first-order valence-corrected chi connectivity index (χ1v) is 7.43. The van der Waals surface area contributed by atoms with Crippen LogP contribution in [0, 0.1) is 10.1 Å². The minimum Gasteiger partial charge on any atom is -0.477 e. The smallest absolute Gasteiger partial charge is 0.310 e. The van der Waals surface area contributed by atoms with Crippen molar-refractivity contribution in [2.24, 2.45) is 5.10 Å². The molecule has 0 fully saturated rings. The van der Waals surface area contributed by atoms with Gasteiger partial charge in [-0.25, -0.2) is 5.43 Å². The van der Waals surface area contributed by atoms with Crippen molar-refractivity contribution in [2.45, 2.75) is 6.92 Å². The van der Waals surface area contributed by atoms with E-state index in [1.165, 1.54) is 31.3 Å². The summed E-state index contributed by atoms with van der Waals surface area (Å²) in [5, 5.41) is 14.6. The average molecular weight is 357 g/mol. The molecule has 0 radical (unpaired) electrons. The van der Waals surface area contributed by atoms with Gasteiger partial charge in [-0.05, 0) is 18.2 Å². The Morgan fingerprint density at radius 3 is 2.50 bits per heavy atom. The molecule has 9 nitrogen and oxygen atoms in total. The summed E-state index contributed by atoms with van der Waals surface area (Å²) in [6.07, 6.45) is 1.31. The van der Waals surface area contributed by atoms with Crippen LogP contribution in [0.2, 0.25) is 0 Å². The summed E-state index contributed by atoms with van der Waals surface area (Å²) in [5.41, 5.74) is 2.48. The van der Waals surface area contributed by atoms with Gasteiger partial charge in [0.25, 0.3) is 5.91 Å². The van der Waals surface area contributed by atoms with E-state index in [1.807, 2.05) is 0 Å². The van der Waals surface area contributed by atoms with Gasteiger partial charge in [0.2, 0.25) is 0 Å². The number of amides is 1. The molecule has 1 amide bonds. The van der Waals surface area contributed by atoms with Crippen LogP contribution in [0.4, 0.5) is 5.69 Å². The Kier molecular flexibility index (Phi) is 6.38. The Bertz CT molecular complexity index is 850. The number of benzene rings is 2. The number of esters is 1. The predicted molar refractivity (Wildman–Crippen MR) is 92.1 cm³/mol. The maximum Gasteiger partial charge on any atom is 0.310 e. The zero-order chi connectivity index (χ0) is 18.9. The third kappa shape index (κ3) is 5.41. The number of nitro benzene ring substituents is 1. The van der Waals surface area contributed by atoms with E-state index >= 15 is 0 Å². The van der Waals surface area contributed by atoms with Crippen molar-refractivity contribution in [3.05, 3.63) is 64.2 Å². The van der Waals surface area contributed by atoms with Crippen molar-refractivity contribution in [1.82, 2.24) is 5.43 Å². The van der Waals surface area contributed by atoms with Crippen LogP contribution in [0.3, 0.4) is 0 Å². The topological polar surface area (TPSA) is 120 Å². The molecule has 0 aliphatic heterocycles. The van der Waals surface area contributed by atoms with Crippen LogP contribution in [0.1, 0.15) is 12.5 Å². The lowest BCUT2D eigenvalue weighted by molar-refractivity contribution is -0.385. The van der Waals surface area contributed by atoms with Gasteiger partial charge in [0.1, 0.15) is 5.75 Å². The lowest BCUT2D eigenvalue weighted by Crippen LogP contribution is -2.24. The fourth-order valence-corrected chi connectivity index (χ4v) is 1.91. The lowest BCUT2D eigenvalue weighted by Gasteiger charge is -2.06. The Hall–Kier alpha value is -3.75. The van der Waals surface area contributed by atoms with Crippen LogP contribution < -0.4 is 14.9 Å². The van der Waals surface area contributed by atoms with Crippen molar-refractivity contribution in [3.8, 4) is 11.5 Å². The number of nitrogens with one attached hydrogen (secondary N) is 1. The van der Waals surface area contributed by atoms with Crippen LogP contribution in [-0.4, -0.2) is 29.6 Å². The zero-order valence-electron chi connectivity index (χ0n) is 13.7. The normalized spacial score (nSPS) is 10.3. The maximum atomic E-state index is 11.7. The van der Waals surface area contributed by atoms with Gasteiger partial charge in [-0.2, -0.15) is 5.10 Å². The molecule has 9 heteroatoms. The molecule has 2 aromatic carbocycles. The Labute approximate surface area is 148 Å². The number of carbonyl (C=O) groups is 2. The summed E-state index contributed by atoms with van der Waals surface area (Å²) in [4.78, 5) is 33.1. The van der Waals surface area contributed by atoms with Crippen molar-refractivity contribution >= 4 is 23.8 Å². The number of ether oxygens (including phenoxy) is 2. The van der Waals surface area contributed by atoms with Crippen molar-refractivity contribution in [3.63, 3.8) is 0 Å². The molecular formula is C17H15N3O6. The molecule has 1 N–H and O–H groups in total. The van der Waals surface area contributed by atoms with Gasteiger partial charge in [-0.15, -0.1) is 0 Å². The largest absolute Gasteiger partial charge is 0.477 e. The van der Waals surface area contributed by atoms with E-state index in [4.69, 9.17) is 9.47 Å². The molecule has 0 spiro atoms. The van der Waals surface area contributed by atoms with Crippen LogP contribution >= 0.6 is 0 Å². The molecule has 2 rings (SSSR count). The summed E-state index contributed by atoms with van der Waals surface area (Å²) in [6.45, 7) is 0.823. The van der Waals surface area contributed by atoms with Gasteiger partial charge < -0.3 is 9.47 Å².